The highest BCUT2D eigenvalue weighted by Gasteiger charge is 2.34. The number of rotatable bonds is 3. The summed E-state index contributed by atoms with van der Waals surface area (Å²) in [4.78, 5) is 11.1. The average Bonchev–Trinajstić information content (AvgIpc) is 2.73. The van der Waals surface area contributed by atoms with E-state index < -0.39 is 15.8 Å². The van der Waals surface area contributed by atoms with E-state index >= 15 is 0 Å². The SMILES string of the molecule is COC(=O)C1=CC=C(c2cccc(OC)c2)S1(=O)=O. The van der Waals surface area contributed by atoms with Crippen molar-refractivity contribution in [1.82, 2.24) is 0 Å². The van der Waals surface area contributed by atoms with E-state index in [9.17, 15) is 13.2 Å². The summed E-state index contributed by atoms with van der Waals surface area (Å²) in [6.07, 6.45) is 2.63. The summed E-state index contributed by atoms with van der Waals surface area (Å²) in [5, 5.41) is 0. The fourth-order valence-electron chi connectivity index (χ4n) is 1.76. The second kappa shape index (κ2) is 4.89. The van der Waals surface area contributed by atoms with Gasteiger partial charge in [0.2, 0.25) is 9.84 Å². The summed E-state index contributed by atoms with van der Waals surface area (Å²) < 4.78 is 33.9. The number of carbonyl (C=O) groups excluding carboxylic acids is 1. The van der Waals surface area contributed by atoms with Gasteiger partial charge in [-0.25, -0.2) is 13.2 Å². The Labute approximate surface area is 111 Å². The lowest BCUT2D eigenvalue weighted by Crippen LogP contribution is -2.13. The molecule has 0 bridgehead atoms. The van der Waals surface area contributed by atoms with Gasteiger partial charge in [0, 0.05) is 0 Å². The molecule has 1 heterocycles. The van der Waals surface area contributed by atoms with Crippen molar-refractivity contribution in [3.8, 4) is 5.75 Å². The summed E-state index contributed by atoms with van der Waals surface area (Å²) in [5.74, 6) is -0.325. The Balaban J connectivity index is 2.43. The van der Waals surface area contributed by atoms with E-state index in [1.54, 1.807) is 24.3 Å². The third-order valence-corrected chi connectivity index (χ3v) is 4.54. The molecule has 2 rings (SSSR count). The molecule has 0 spiro atoms. The predicted octanol–water partition coefficient (Wildman–Crippen LogP) is 1.52. The maximum Gasteiger partial charge on any atom is 0.349 e. The van der Waals surface area contributed by atoms with Gasteiger partial charge in [0.05, 0.1) is 19.1 Å². The van der Waals surface area contributed by atoms with Crippen LogP contribution in [0.3, 0.4) is 0 Å². The molecule has 0 N–H and O–H groups in total. The zero-order chi connectivity index (χ0) is 14.0. The molecule has 19 heavy (non-hydrogen) atoms. The fraction of sp³-hybridized carbons (Fsp3) is 0.154. The number of hydrogen-bond donors (Lipinski definition) is 0. The lowest BCUT2D eigenvalue weighted by atomic mass is 10.2. The molecule has 0 aliphatic carbocycles. The Morgan fingerprint density at radius 3 is 2.53 bits per heavy atom. The molecular weight excluding hydrogens is 268 g/mol. The quantitative estimate of drug-likeness (QED) is 0.785. The molecule has 0 aromatic heterocycles. The van der Waals surface area contributed by atoms with Crippen LogP contribution in [0.15, 0.2) is 41.3 Å². The van der Waals surface area contributed by atoms with Gasteiger partial charge in [-0.3, -0.25) is 0 Å². The van der Waals surface area contributed by atoms with Crippen LogP contribution in [-0.4, -0.2) is 28.6 Å². The molecule has 0 radical (unpaired) electrons. The van der Waals surface area contributed by atoms with Crippen LogP contribution in [0.2, 0.25) is 0 Å². The molecule has 1 aliphatic rings. The number of esters is 1. The number of carbonyl (C=O) groups is 1. The maximum absolute atomic E-state index is 12.2. The molecular formula is C13H12O5S. The normalized spacial score (nSPS) is 16.5. The zero-order valence-corrected chi connectivity index (χ0v) is 11.2. The van der Waals surface area contributed by atoms with E-state index in [1.807, 2.05) is 0 Å². The molecule has 0 saturated carbocycles. The number of sulfone groups is 1. The highest BCUT2D eigenvalue weighted by molar-refractivity contribution is 8.05. The lowest BCUT2D eigenvalue weighted by Gasteiger charge is -2.07. The van der Waals surface area contributed by atoms with Crippen LogP contribution in [0.5, 0.6) is 5.75 Å². The largest absolute Gasteiger partial charge is 0.497 e. The Bertz CT molecular complexity index is 683. The van der Waals surface area contributed by atoms with Crippen LogP contribution < -0.4 is 4.74 Å². The van der Waals surface area contributed by atoms with Gasteiger partial charge in [0.25, 0.3) is 0 Å². The van der Waals surface area contributed by atoms with Gasteiger partial charge in [-0.2, -0.15) is 0 Å². The highest BCUT2D eigenvalue weighted by Crippen LogP contribution is 2.34. The molecule has 0 fully saturated rings. The minimum Gasteiger partial charge on any atom is -0.497 e. The monoisotopic (exact) mass is 280 g/mol. The second-order valence-corrected chi connectivity index (χ2v) is 5.68. The van der Waals surface area contributed by atoms with Gasteiger partial charge in [-0.05, 0) is 29.8 Å². The number of benzene rings is 1. The lowest BCUT2D eigenvalue weighted by molar-refractivity contribution is -0.135. The maximum atomic E-state index is 12.2. The molecule has 0 unspecified atom stereocenters. The van der Waals surface area contributed by atoms with Crippen LogP contribution in [0.4, 0.5) is 0 Å². The first kappa shape index (κ1) is 13.4. The smallest absolute Gasteiger partial charge is 0.349 e. The summed E-state index contributed by atoms with van der Waals surface area (Å²) in [7, 11) is -1.19. The summed E-state index contributed by atoms with van der Waals surface area (Å²) in [6, 6.07) is 6.62. The Morgan fingerprint density at radius 2 is 1.89 bits per heavy atom. The van der Waals surface area contributed by atoms with Gasteiger partial charge in [-0.15, -0.1) is 0 Å². The van der Waals surface area contributed by atoms with E-state index in [-0.39, 0.29) is 9.81 Å². The highest BCUT2D eigenvalue weighted by atomic mass is 32.2. The number of ether oxygens (including phenoxy) is 2. The minimum atomic E-state index is -3.83. The average molecular weight is 280 g/mol. The number of allylic oxidation sites excluding steroid dienone is 2. The summed E-state index contributed by atoms with van der Waals surface area (Å²) in [6.45, 7) is 0. The third-order valence-electron chi connectivity index (χ3n) is 2.71. The molecule has 0 atom stereocenters. The summed E-state index contributed by atoms with van der Waals surface area (Å²) in [5.41, 5.74) is 0.467. The van der Waals surface area contributed by atoms with E-state index in [0.717, 1.165) is 7.11 Å². The summed E-state index contributed by atoms with van der Waals surface area (Å²) >= 11 is 0. The van der Waals surface area contributed by atoms with Crippen LogP contribution in [0.25, 0.3) is 4.91 Å². The number of hydrogen-bond acceptors (Lipinski definition) is 5. The molecule has 6 heteroatoms. The number of methoxy groups -OCH3 is 2. The van der Waals surface area contributed by atoms with E-state index in [4.69, 9.17) is 4.74 Å². The van der Waals surface area contributed by atoms with E-state index in [1.165, 1.54) is 19.3 Å². The van der Waals surface area contributed by atoms with Gasteiger partial charge < -0.3 is 9.47 Å². The van der Waals surface area contributed by atoms with Gasteiger partial charge >= 0.3 is 5.97 Å². The van der Waals surface area contributed by atoms with Gasteiger partial charge in [-0.1, -0.05) is 12.1 Å². The molecule has 1 aliphatic heterocycles. The Morgan fingerprint density at radius 1 is 1.16 bits per heavy atom. The van der Waals surface area contributed by atoms with Crippen LogP contribution >= 0.6 is 0 Å². The Kier molecular flexibility index (Phi) is 3.44. The van der Waals surface area contributed by atoms with Crippen molar-refractivity contribution in [2.75, 3.05) is 14.2 Å². The van der Waals surface area contributed by atoms with Crippen LogP contribution in [-0.2, 0) is 19.4 Å². The van der Waals surface area contributed by atoms with Crippen molar-refractivity contribution >= 4 is 20.7 Å². The predicted molar refractivity (Wildman–Crippen MR) is 70.0 cm³/mol. The molecule has 1 aromatic rings. The van der Waals surface area contributed by atoms with Crippen LogP contribution in [0, 0.1) is 0 Å². The van der Waals surface area contributed by atoms with E-state index in [0.29, 0.717) is 11.3 Å². The van der Waals surface area contributed by atoms with Crippen molar-refractivity contribution in [3.05, 3.63) is 46.9 Å². The van der Waals surface area contributed by atoms with Gasteiger partial charge in [0.15, 0.2) is 4.91 Å². The standard InChI is InChI=1S/C13H12O5S/c1-17-10-5-3-4-9(8-10)11-6-7-12(13(14)18-2)19(11,15)16/h3-8H,1-2H3. The molecule has 0 amide bonds. The first-order chi connectivity index (χ1) is 9.00. The van der Waals surface area contributed by atoms with Crippen molar-refractivity contribution in [3.63, 3.8) is 0 Å². The molecule has 0 saturated heterocycles. The third kappa shape index (κ3) is 2.26. The van der Waals surface area contributed by atoms with Crippen molar-refractivity contribution < 1.29 is 22.7 Å². The van der Waals surface area contributed by atoms with E-state index in [2.05, 4.69) is 4.74 Å². The van der Waals surface area contributed by atoms with Crippen molar-refractivity contribution in [1.29, 1.82) is 0 Å². The van der Waals surface area contributed by atoms with Crippen molar-refractivity contribution in [2.24, 2.45) is 0 Å². The van der Waals surface area contributed by atoms with Crippen LogP contribution in [0.1, 0.15) is 5.56 Å². The molecule has 100 valence electrons. The molecule has 1 aromatic carbocycles. The molecule has 5 nitrogen and oxygen atoms in total. The minimum absolute atomic E-state index is 0.0619. The fourth-order valence-corrected chi connectivity index (χ4v) is 3.23. The van der Waals surface area contributed by atoms with Crippen molar-refractivity contribution in [2.45, 2.75) is 0 Å². The first-order valence-electron chi connectivity index (χ1n) is 5.40. The first-order valence-corrected chi connectivity index (χ1v) is 6.89. The Hall–Kier alpha value is -2.08. The second-order valence-electron chi connectivity index (χ2n) is 3.79. The van der Waals surface area contributed by atoms with Gasteiger partial charge in [0.1, 0.15) is 5.75 Å². The topological polar surface area (TPSA) is 69.7 Å². The zero-order valence-electron chi connectivity index (χ0n) is 10.4.